The molecular formula is C11H21F3N2. The van der Waals surface area contributed by atoms with Crippen molar-refractivity contribution in [1.82, 2.24) is 10.2 Å². The Morgan fingerprint density at radius 2 is 2.06 bits per heavy atom. The Morgan fingerprint density at radius 1 is 1.38 bits per heavy atom. The Hall–Kier alpha value is -0.290. The minimum Gasteiger partial charge on any atom is -0.314 e. The molecule has 0 bridgehead atoms. The average Bonchev–Trinajstić information content (AvgIpc) is 2.49. The summed E-state index contributed by atoms with van der Waals surface area (Å²) >= 11 is 0. The number of alkyl halides is 3. The quantitative estimate of drug-likeness (QED) is 0.790. The molecular weight excluding hydrogens is 217 g/mol. The SMILES string of the molecule is CCCN(CC1CCNC1C)CC(F)(F)F. The largest absolute Gasteiger partial charge is 0.401 e. The number of nitrogens with zero attached hydrogens (tertiary/aromatic N) is 1. The predicted octanol–water partition coefficient (Wildman–Crippen LogP) is 2.26. The van der Waals surface area contributed by atoms with Gasteiger partial charge in [0, 0.05) is 12.6 Å². The van der Waals surface area contributed by atoms with Crippen LogP contribution in [-0.4, -0.2) is 43.3 Å². The van der Waals surface area contributed by atoms with Gasteiger partial charge in [0.15, 0.2) is 0 Å². The first kappa shape index (κ1) is 13.8. The van der Waals surface area contributed by atoms with Gasteiger partial charge in [-0.25, -0.2) is 0 Å². The molecule has 1 rings (SSSR count). The fourth-order valence-electron chi connectivity index (χ4n) is 2.30. The third kappa shape index (κ3) is 4.70. The number of halogens is 3. The second kappa shape index (κ2) is 5.87. The summed E-state index contributed by atoms with van der Waals surface area (Å²) in [4.78, 5) is 1.54. The van der Waals surface area contributed by atoms with Crippen molar-refractivity contribution in [2.75, 3.05) is 26.2 Å². The molecule has 16 heavy (non-hydrogen) atoms. The highest BCUT2D eigenvalue weighted by atomic mass is 19.4. The molecule has 1 aliphatic heterocycles. The normalized spacial score (nSPS) is 26.6. The molecule has 0 aliphatic carbocycles. The highest BCUT2D eigenvalue weighted by Gasteiger charge is 2.33. The Labute approximate surface area is 95.2 Å². The Kier molecular flexibility index (Phi) is 5.05. The molecule has 96 valence electrons. The molecule has 0 aromatic rings. The van der Waals surface area contributed by atoms with E-state index in [1.165, 1.54) is 4.90 Å². The molecule has 1 heterocycles. The van der Waals surface area contributed by atoms with Crippen LogP contribution in [0, 0.1) is 5.92 Å². The number of hydrogen-bond acceptors (Lipinski definition) is 2. The summed E-state index contributed by atoms with van der Waals surface area (Å²) in [5, 5.41) is 3.27. The minimum absolute atomic E-state index is 0.340. The van der Waals surface area contributed by atoms with Crippen LogP contribution >= 0.6 is 0 Å². The van der Waals surface area contributed by atoms with Gasteiger partial charge in [0.05, 0.1) is 6.54 Å². The van der Waals surface area contributed by atoms with Crippen molar-refractivity contribution >= 4 is 0 Å². The zero-order valence-electron chi connectivity index (χ0n) is 9.98. The van der Waals surface area contributed by atoms with Crippen molar-refractivity contribution in [1.29, 1.82) is 0 Å². The van der Waals surface area contributed by atoms with E-state index in [-0.39, 0.29) is 0 Å². The maximum absolute atomic E-state index is 12.3. The number of rotatable bonds is 5. The topological polar surface area (TPSA) is 15.3 Å². The molecule has 2 unspecified atom stereocenters. The summed E-state index contributed by atoms with van der Waals surface area (Å²) in [5.41, 5.74) is 0. The fraction of sp³-hybridized carbons (Fsp3) is 1.00. The van der Waals surface area contributed by atoms with E-state index < -0.39 is 12.7 Å². The molecule has 1 N–H and O–H groups in total. The molecule has 0 spiro atoms. The van der Waals surface area contributed by atoms with Gasteiger partial charge in [0.25, 0.3) is 0 Å². The van der Waals surface area contributed by atoms with Gasteiger partial charge in [-0.3, -0.25) is 4.90 Å². The smallest absolute Gasteiger partial charge is 0.314 e. The van der Waals surface area contributed by atoms with Crippen molar-refractivity contribution in [3.8, 4) is 0 Å². The monoisotopic (exact) mass is 238 g/mol. The van der Waals surface area contributed by atoms with Crippen LogP contribution in [0.2, 0.25) is 0 Å². The molecule has 5 heteroatoms. The first-order valence-electron chi connectivity index (χ1n) is 5.95. The lowest BCUT2D eigenvalue weighted by Gasteiger charge is -2.27. The molecule has 2 nitrogen and oxygen atoms in total. The first-order chi connectivity index (χ1) is 7.42. The van der Waals surface area contributed by atoms with Gasteiger partial charge in [-0.2, -0.15) is 13.2 Å². The van der Waals surface area contributed by atoms with E-state index in [9.17, 15) is 13.2 Å². The summed E-state index contributed by atoms with van der Waals surface area (Å²) in [7, 11) is 0. The zero-order valence-corrected chi connectivity index (χ0v) is 9.98. The summed E-state index contributed by atoms with van der Waals surface area (Å²) in [6.07, 6.45) is -2.33. The third-order valence-electron chi connectivity index (χ3n) is 3.12. The van der Waals surface area contributed by atoms with E-state index in [4.69, 9.17) is 0 Å². The lowest BCUT2D eigenvalue weighted by Crippen LogP contribution is -2.40. The summed E-state index contributed by atoms with van der Waals surface area (Å²) in [6, 6.07) is 0.340. The third-order valence-corrected chi connectivity index (χ3v) is 3.12. The average molecular weight is 238 g/mol. The van der Waals surface area contributed by atoms with E-state index in [1.54, 1.807) is 0 Å². The van der Waals surface area contributed by atoms with E-state index >= 15 is 0 Å². The number of nitrogens with one attached hydrogen (secondary N) is 1. The molecule has 0 aromatic carbocycles. The molecule has 0 aromatic heterocycles. The lowest BCUT2D eigenvalue weighted by molar-refractivity contribution is -0.147. The number of hydrogen-bond donors (Lipinski definition) is 1. The van der Waals surface area contributed by atoms with Crippen LogP contribution in [0.1, 0.15) is 26.7 Å². The molecule has 0 amide bonds. The Balaban J connectivity index is 2.43. The van der Waals surface area contributed by atoms with Gasteiger partial charge in [-0.1, -0.05) is 6.92 Å². The molecule has 0 saturated carbocycles. The summed E-state index contributed by atoms with van der Waals surface area (Å²) in [6.45, 7) is 5.21. The van der Waals surface area contributed by atoms with E-state index in [0.29, 0.717) is 25.0 Å². The Bertz CT molecular complexity index is 206. The van der Waals surface area contributed by atoms with Gasteiger partial charge in [-0.15, -0.1) is 0 Å². The van der Waals surface area contributed by atoms with Gasteiger partial charge in [0.1, 0.15) is 0 Å². The van der Waals surface area contributed by atoms with Gasteiger partial charge < -0.3 is 5.32 Å². The molecule has 2 atom stereocenters. The molecule has 1 fully saturated rings. The second-order valence-electron chi connectivity index (χ2n) is 4.64. The minimum atomic E-state index is -4.08. The van der Waals surface area contributed by atoms with Crippen LogP contribution in [0.4, 0.5) is 13.2 Å². The molecule has 0 radical (unpaired) electrons. The van der Waals surface area contributed by atoms with E-state index in [2.05, 4.69) is 12.2 Å². The van der Waals surface area contributed by atoms with Crippen molar-refractivity contribution in [2.45, 2.75) is 38.9 Å². The summed E-state index contributed by atoms with van der Waals surface area (Å²) < 4.78 is 37.0. The lowest BCUT2D eigenvalue weighted by atomic mass is 10.0. The van der Waals surface area contributed by atoms with E-state index in [1.807, 2.05) is 6.92 Å². The van der Waals surface area contributed by atoms with Gasteiger partial charge >= 0.3 is 6.18 Å². The predicted molar refractivity (Wildman–Crippen MR) is 58.4 cm³/mol. The van der Waals surface area contributed by atoms with Crippen molar-refractivity contribution < 1.29 is 13.2 Å². The van der Waals surface area contributed by atoms with Crippen LogP contribution in [-0.2, 0) is 0 Å². The standard InChI is InChI=1S/C11H21F3N2/c1-3-6-16(8-11(12,13)14)7-10-4-5-15-9(10)2/h9-10,15H,3-8H2,1-2H3. The van der Waals surface area contributed by atoms with Crippen LogP contribution in [0.25, 0.3) is 0 Å². The van der Waals surface area contributed by atoms with Gasteiger partial charge in [-0.05, 0) is 38.8 Å². The highest BCUT2D eigenvalue weighted by Crippen LogP contribution is 2.21. The first-order valence-corrected chi connectivity index (χ1v) is 5.95. The van der Waals surface area contributed by atoms with Crippen LogP contribution in [0.15, 0.2) is 0 Å². The Morgan fingerprint density at radius 3 is 2.50 bits per heavy atom. The maximum Gasteiger partial charge on any atom is 0.401 e. The zero-order chi connectivity index (χ0) is 12.2. The summed E-state index contributed by atoms with van der Waals surface area (Å²) in [5.74, 6) is 0.355. The van der Waals surface area contributed by atoms with Crippen LogP contribution < -0.4 is 5.32 Å². The highest BCUT2D eigenvalue weighted by molar-refractivity contribution is 4.83. The van der Waals surface area contributed by atoms with Crippen molar-refractivity contribution in [2.24, 2.45) is 5.92 Å². The van der Waals surface area contributed by atoms with Gasteiger partial charge in [0.2, 0.25) is 0 Å². The second-order valence-corrected chi connectivity index (χ2v) is 4.64. The molecule has 1 aliphatic rings. The maximum atomic E-state index is 12.3. The van der Waals surface area contributed by atoms with Crippen molar-refractivity contribution in [3.63, 3.8) is 0 Å². The molecule has 1 saturated heterocycles. The van der Waals surface area contributed by atoms with E-state index in [0.717, 1.165) is 19.4 Å². The van der Waals surface area contributed by atoms with Crippen molar-refractivity contribution in [3.05, 3.63) is 0 Å². The van der Waals surface area contributed by atoms with Crippen LogP contribution in [0.5, 0.6) is 0 Å². The van der Waals surface area contributed by atoms with Crippen LogP contribution in [0.3, 0.4) is 0 Å². The fourth-order valence-corrected chi connectivity index (χ4v) is 2.30.